The van der Waals surface area contributed by atoms with E-state index in [9.17, 15) is 0 Å². The van der Waals surface area contributed by atoms with Crippen molar-refractivity contribution in [1.82, 2.24) is 0 Å². The molecule has 0 bridgehead atoms. The average molecular weight is 534 g/mol. The van der Waals surface area contributed by atoms with Crippen molar-refractivity contribution in [3.8, 4) is 22.3 Å². The van der Waals surface area contributed by atoms with Crippen LogP contribution in [0, 0.1) is 19.3 Å². The molecule has 0 saturated carbocycles. The molecule has 2 aliphatic carbocycles. The minimum atomic E-state index is 0.0371. The van der Waals surface area contributed by atoms with Gasteiger partial charge in [0.2, 0.25) is 0 Å². The van der Waals surface area contributed by atoms with E-state index in [1.807, 2.05) is 0 Å². The molecule has 0 saturated heterocycles. The summed E-state index contributed by atoms with van der Waals surface area (Å²) >= 11 is 0. The van der Waals surface area contributed by atoms with Crippen LogP contribution in [-0.4, -0.2) is 0 Å². The van der Waals surface area contributed by atoms with E-state index < -0.39 is 0 Å². The molecule has 41 heavy (non-hydrogen) atoms. The molecule has 5 aromatic rings. The van der Waals surface area contributed by atoms with E-state index in [-0.39, 0.29) is 10.8 Å². The summed E-state index contributed by atoms with van der Waals surface area (Å²) in [7, 11) is 0. The Morgan fingerprint density at radius 3 is 2.20 bits per heavy atom. The van der Waals surface area contributed by atoms with Crippen molar-refractivity contribution in [2.75, 3.05) is 5.73 Å². The van der Waals surface area contributed by atoms with Gasteiger partial charge >= 0.3 is 0 Å². The third-order valence-electron chi connectivity index (χ3n) is 9.47. The number of benzene rings is 5. The summed E-state index contributed by atoms with van der Waals surface area (Å²) in [6.07, 6.45) is 7.04. The zero-order valence-corrected chi connectivity index (χ0v) is 25.2. The molecule has 0 heterocycles. The number of aryl methyl sites for hydroxylation is 2. The fourth-order valence-corrected chi connectivity index (χ4v) is 7.63. The quantitative estimate of drug-likeness (QED) is 0.224. The largest absolute Gasteiger partial charge is 0.398 e. The minimum Gasteiger partial charge on any atom is -0.398 e. The van der Waals surface area contributed by atoms with E-state index in [4.69, 9.17) is 5.73 Å². The second-order valence-electron chi connectivity index (χ2n) is 13.7. The van der Waals surface area contributed by atoms with Crippen LogP contribution in [0.5, 0.6) is 0 Å². The summed E-state index contributed by atoms with van der Waals surface area (Å²) < 4.78 is 0. The number of rotatable bonds is 2. The lowest BCUT2D eigenvalue weighted by Gasteiger charge is -2.40. The van der Waals surface area contributed by atoms with E-state index in [0.717, 1.165) is 29.5 Å². The molecule has 0 radical (unpaired) electrons. The molecule has 5 aromatic carbocycles. The van der Waals surface area contributed by atoms with Gasteiger partial charge in [0.05, 0.1) is 0 Å². The Labute approximate surface area is 244 Å². The molecule has 0 amide bonds. The highest BCUT2D eigenvalue weighted by molar-refractivity contribution is 6.12. The Morgan fingerprint density at radius 1 is 0.683 bits per heavy atom. The molecule has 0 aliphatic heterocycles. The van der Waals surface area contributed by atoms with Gasteiger partial charge in [0, 0.05) is 16.6 Å². The monoisotopic (exact) mass is 533 g/mol. The van der Waals surface area contributed by atoms with E-state index in [2.05, 4.69) is 133 Å². The SMILES string of the molecule is Cc1ccc(-c2c(-c3ccc4ccccc4c3N)c(C)cc3c4c(ccc23)C2=C(CC(C)(C)C=C2)CC4(C)C)cc1. The number of anilines is 1. The fraction of sp³-hybridized carbons (Fsp3) is 0.250. The maximum Gasteiger partial charge on any atom is 0.0473 e. The van der Waals surface area contributed by atoms with Crippen LogP contribution >= 0.6 is 0 Å². The number of nitrogen functional groups attached to an aromatic ring is 1. The number of allylic oxidation sites excluding steroid dienone is 4. The predicted molar refractivity (Wildman–Crippen MR) is 178 cm³/mol. The van der Waals surface area contributed by atoms with Gasteiger partial charge in [-0.05, 0) is 92.6 Å². The van der Waals surface area contributed by atoms with Gasteiger partial charge in [-0.15, -0.1) is 0 Å². The summed E-state index contributed by atoms with van der Waals surface area (Å²) in [6.45, 7) is 14.0. The molecule has 0 atom stereocenters. The van der Waals surface area contributed by atoms with Crippen LogP contribution < -0.4 is 5.73 Å². The minimum absolute atomic E-state index is 0.0371. The molecule has 0 unspecified atom stereocenters. The highest BCUT2D eigenvalue weighted by Crippen LogP contribution is 2.53. The standard InChI is InChI=1S/C40H39N/c1-24-11-13-27(14-12-24)36-31-17-18-32-29-19-20-39(3,4)22-28(29)23-40(5,6)37(32)34(31)21-25(2)35(36)33-16-15-26-9-7-8-10-30(26)38(33)41/h7-21H,22-23,41H2,1-6H3. The molecular formula is C40H39N. The van der Waals surface area contributed by atoms with Crippen LogP contribution in [0.25, 0.3) is 49.4 Å². The summed E-state index contributed by atoms with van der Waals surface area (Å²) in [5, 5.41) is 4.96. The molecule has 2 N–H and O–H groups in total. The molecule has 0 spiro atoms. The first-order chi connectivity index (χ1) is 19.5. The Morgan fingerprint density at radius 2 is 1.41 bits per heavy atom. The second kappa shape index (κ2) is 8.95. The molecule has 0 fully saturated rings. The van der Waals surface area contributed by atoms with Crippen LogP contribution in [-0.2, 0) is 5.41 Å². The highest BCUT2D eigenvalue weighted by atomic mass is 14.6. The zero-order chi connectivity index (χ0) is 28.7. The number of fused-ring (bicyclic) bond motifs is 5. The van der Waals surface area contributed by atoms with Crippen LogP contribution in [0.1, 0.15) is 62.8 Å². The molecule has 1 heteroatoms. The normalized spacial score (nSPS) is 17.1. The first-order valence-electron chi connectivity index (χ1n) is 14.9. The van der Waals surface area contributed by atoms with Crippen molar-refractivity contribution in [3.05, 3.63) is 119 Å². The molecule has 2 aliphatic rings. The van der Waals surface area contributed by atoms with Crippen molar-refractivity contribution in [2.24, 2.45) is 5.41 Å². The van der Waals surface area contributed by atoms with Gasteiger partial charge in [0.15, 0.2) is 0 Å². The van der Waals surface area contributed by atoms with Gasteiger partial charge in [-0.2, -0.15) is 0 Å². The van der Waals surface area contributed by atoms with Crippen molar-refractivity contribution >= 4 is 32.8 Å². The Bertz CT molecular complexity index is 1940. The van der Waals surface area contributed by atoms with Crippen LogP contribution in [0.3, 0.4) is 0 Å². The molecule has 204 valence electrons. The maximum atomic E-state index is 6.97. The lowest BCUT2D eigenvalue weighted by Crippen LogP contribution is -2.28. The van der Waals surface area contributed by atoms with Gasteiger partial charge in [-0.25, -0.2) is 0 Å². The number of hydrogen-bond acceptors (Lipinski definition) is 1. The average Bonchev–Trinajstić information content (AvgIpc) is 2.92. The van der Waals surface area contributed by atoms with Crippen LogP contribution in [0.15, 0.2) is 96.6 Å². The van der Waals surface area contributed by atoms with Crippen LogP contribution in [0.4, 0.5) is 5.69 Å². The Kier molecular flexibility index (Phi) is 5.64. The predicted octanol–water partition coefficient (Wildman–Crippen LogP) is 10.9. The lowest BCUT2D eigenvalue weighted by molar-refractivity contribution is 0.429. The lowest BCUT2D eigenvalue weighted by atomic mass is 9.64. The first kappa shape index (κ1) is 25.8. The first-order valence-corrected chi connectivity index (χ1v) is 14.9. The third-order valence-corrected chi connectivity index (χ3v) is 9.47. The summed E-state index contributed by atoms with van der Waals surface area (Å²) in [5.74, 6) is 0. The van der Waals surface area contributed by atoms with E-state index in [0.29, 0.717) is 0 Å². The third kappa shape index (κ3) is 4.05. The van der Waals surface area contributed by atoms with E-state index in [1.54, 1.807) is 5.57 Å². The van der Waals surface area contributed by atoms with Gasteiger partial charge in [0.25, 0.3) is 0 Å². The van der Waals surface area contributed by atoms with Gasteiger partial charge in [-0.1, -0.05) is 130 Å². The van der Waals surface area contributed by atoms with Crippen LogP contribution in [0.2, 0.25) is 0 Å². The van der Waals surface area contributed by atoms with Crippen molar-refractivity contribution in [3.63, 3.8) is 0 Å². The van der Waals surface area contributed by atoms with E-state index in [1.165, 1.54) is 60.7 Å². The van der Waals surface area contributed by atoms with Gasteiger partial charge in [0.1, 0.15) is 0 Å². The fourth-order valence-electron chi connectivity index (χ4n) is 7.63. The van der Waals surface area contributed by atoms with Crippen molar-refractivity contribution < 1.29 is 0 Å². The Hall–Kier alpha value is -4.10. The molecular weight excluding hydrogens is 494 g/mol. The number of hydrogen-bond donors (Lipinski definition) is 1. The molecule has 0 aromatic heterocycles. The summed E-state index contributed by atoms with van der Waals surface area (Å²) in [4.78, 5) is 0. The second-order valence-corrected chi connectivity index (χ2v) is 13.7. The molecule has 1 nitrogen and oxygen atoms in total. The van der Waals surface area contributed by atoms with E-state index >= 15 is 0 Å². The van der Waals surface area contributed by atoms with Gasteiger partial charge < -0.3 is 5.73 Å². The van der Waals surface area contributed by atoms with Gasteiger partial charge in [-0.3, -0.25) is 0 Å². The number of nitrogens with two attached hydrogens (primary N) is 1. The Balaban J connectivity index is 1.58. The smallest absolute Gasteiger partial charge is 0.0473 e. The van der Waals surface area contributed by atoms with Crippen molar-refractivity contribution in [1.29, 1.82) is 0 Å². The topological polar surface area (TPSA) is 26.0 Å². The highest BCUT2D eigenvalue weighted by Gasteiger charge is 2.37. The summed E-state index contributed by atoms with van der Waals surface area (Å²) in [5.41, 5.74) is 21.4. The molecule has 7 rings (SSSR count). The zero-order valence-electron chi connectivity index (χ0n) is 25.2. The van der Waals surface area contributed by atoms with Crippen molar-refractivity contribution in [2.45, 2.75) is 59.8 Å². The maximum absolute atomic E-state index is 6.97. The summed E-state index contributed by atoms with van der Waals surface area (Å²) in [6, 6.07) is 29.1.